The first-order valence-corrected chi connectivity index (χ1v) is 11.2. The molecule has 0 aliphatic rings. The van der Waals surface area contributed by atoms with Crippen molar-refractivity contribution in [2.45, 2.75) is 24.0 Å². The van der Waals surface area contributed by atoms with E-state index in [2.05, 4.69) is 23.3 Å². The van der Waals surface area contributed by atoms with Crippen molar-refractivity contribution in [1.29, 1.82) is 0 Å². The minimum atomic E-state index is -0.0662. The summed E-state index contributed by atoms with van der Waals surface area (Å²) >= 11 is 1.71. The predicted molar refractivity (Wildman–Crippen MR) is 125 cm³/mol. The van der Waals surface area contributed by atoms with Gasteiger partial charge in [0.2, 0.25) is 0 Å². The molecule has 6 heteroatoms. The molecule has 0 spiro atoms. The van der Waals surface area contributed by atoms with Crippen molar-refractivity contribution in [2.24, 2.45) is 0 Å². The first-order valence-electron chi connectivity index (χ1n) is 10.2. The molecular formula is C25H25N3O2S. The Labute approximate surface area is 186 Å². The van der Waals surface area contributed by atoms with Gasteiger partial charge in [0, 0.05) is 35.2 Å². The lowest BCUT2D eigenvalue weighted by molar-refractivity contribution is 0.0954. The van der Waals surface area contributed by atoms with Crippen molar-refractivity contribution in [1.82, 2.24) is 14.7 Å². The van der Waals surface area contributed by atoms with Crippen LogP contribution in [0.25, 0.3) is 5.65 Å². The monoisotopic (exact) mass is 431 g/mol. The molecule has 0 unspecified atom stereocenters. The van der Waals surface area contributed by atoms with Crippen molar-refractivity contribution in [2.75, 3.05) is 13.7 Å². The number of carbonyl (C=O) groups excluding carboxylic acids is 1. The van der Waals surface area contributed by atoms with Gasteiger partial charge in [-0.1, -0.05) is 23.8 Å². The maximum Gasteiger partial charge on any atom is 0.251 e. The Morgan fingerprint density at radius 1 is 1.13 bits per heavy atom. The number of nitrogens with zero attached hydrogens (tertiary/aromatic N) is 2. The first-order chi connectivity index (χ1) is 15.1. The Kier molecular flexibility index (Phi) is 6.57. The summed E-state index contributed by atoms with van der Waals surface area (Å²) in [6, 6.07) is 19.8. The van der Waals surface area contributed by atoms with E-state index in [1.54, 1.807) is 18.9 Å². The minimum Gasteiger partial charge on any atom is -0.496 e. The summed E-state index contributed by atoms with van der Waals surface area (Å²) in [7, 11) is 1.67. The molecule has 4 aromatic rings. The van der Waals surface area contributed by atoms with Crippen LogP contribution in [0.2, 0.25) is 0 Å². The topological polar surface area (TPSA) is 55.6 Å². The highest BCUT2D eigenvalue weighted by Crippen LogP contribution is 2.23. The fourth-order valence-electron chi connectivity index (χ4n) is 3.43. The van der Waals surface area contributed by atoms with E-state index >= 15 is 0 Å². The Morgan fingerprint density at radius 3 is 2.74 bits per heavy atom. The van der Waals surface area contributed by atoms with Crippen LogP contribution in [0.4, 0.5) is 0 Å². The lowest BCUT2D eigenvalue weighted by Gasteiger charge is -2.10. The molecule has 2 aromatic heterocycles. The third-order valence-electron chi connectivity index (χ3n) is 5.03. The summed E-state index contributed by atoms with van der Waals surface area (Å²) in [6.45, 7) is 2.61. The summed E-state index contributed by atoms with van der Waals surface area (Å²) < 4.78 is 7.43. The van der Waals surface area contributed by atoms with Crippen LogP contribution in [0.1, 0.15) is 27.2 Å². The Morgan fingerprint density at radius 2 is 1.97 bits per heavy atom. The number of thioether (sulfide) groups is 1. The molecule has 2 aromatic carbocycles. The zero-order chi connectivity index (χ0) is 21.6. The van der Waals surface area contributed by atoms with E-state index in [-0.39, 0.29) is 5.91 Å². The highest BCUT2D eigenvalue weighted by Gasteiger charge is 2.08. The summed E-state index contributed by atoms with van der Waals surface area (Å²) in [5.74, 6) is 1.57. The molecule has 1 N–H and O–H groups in total. The standard InChI is InChI=1S/C25H25N3O2S/c1-18-6-11-23(30-2)20(15-18)12-13-26-25(29)19-7-9-22(10-8-19)31-17-21-16-28-14-4-3-5-24(28)27-21/h3-11,14-16H,12-13,17H2,1-2H3,(H,26,29). The highest BCUT2D eigenvalue weighted by molar-refractivity contribution is 7.98. The number of pyridine rings is 1. The SMILES string of the molecule is COc1ccc(C)cc1CCNC(=O)c1ccc(SCc2cn3ccccc3n2)cc1. The van der Waals surface area contributed by atoms with E-state index in [0.717, 1.165) is 39.7 Å². The molecule has 0 bridgehead atoms. The van der Waals surface area contributed by atoms with Gasteiger partial charge in [-0.05, 0) is 61.4 Å². The minimum absolute atomic E-state index is 0.0662. The summed E-state index contributed by atoms with van der Waals surface area (Å²) in [4.78, 5) is 18.2. The van der Waals surface area contributed by atoms with Crippen LogP contribution in [-0.4, -0.2) is 28.9 Å². The molecule has 2 heterocycles. The number of amides is 1. The average Bonchev–Trinajstić information content (AvgIpc) is 3.21. The van der Waals surface area contributed by atoms with Crippen LogP contribution in [0.15, 0.2) is 78.0 Å². The van der Waals surface area contributed by atoms with Gasteiger partial charge in [-0.15, -0.1) is 11.8 Å². The number of aryl methyl sites for hydroxylation is 1. The Hall–Kier alpha value is -3.25. The molecule has 0 saturated carbocycles. The predicted octanol–water partition coefficient (Wildman–Crippen LogP) is 4.92. The van der Waals surface area contributed by atoms with E-state index in [4.69, 9.17) is 4.74 Å². The van der Waals surface area contributed by atoms with E-state index in [9.17, 15) is 4.79 Å². The number of methoxy groups -OCH3 is 1. The Bertz CT molecular complexity index is 1150. The van der Waals surface area contributed by atoms with Gasteiger partial charge in [-0.3, -0.25) is 4.79 Å². The van der Waals surface area contributed by atoms with Gasteiger partial charge in [0.05, 0.1) is 12.8 Å². The zero-order valence-corrected chi connectivity index (χ0v) is 18.5. The van der Waals surface area contributed by atoms with Crippen LogP contribution in [0.3, 0.4) is 0 Å². The molecule has 158 valence electrons. The number of imidazole rings is 1. The molecule has 0 fully saturated rings. The van der Waals surface area contributed by atoms with Gasteiger partial charge >= 0.3 is 0 Å². The molecule has 31 heavy (non-hydrogen) atoms. The number of benzene rings is 2. The van der Waals surface area contributed by atoms with E-state index in [1.807, 2.05) is 71.4 Å². The smallest absolute Gasteiger partial charge is 0.251 e. The lowest BCUT2D eigenvalue weighted by Crippen LogP contribution is -2.25. The van der Waals surface area contributed by atoms with Crippen molar-refractivity contribution in [3.63, 3.8) is 0 Å². The maximum absolute atomic E-state index is 12.5. The van der Waals surface area contributed by atoms with Crippen LogP contribution in [-0.2, 0) is 12.2 Å². The van der Waals surface area contributed by atoms with Crippen LogP contribution >= 0.6 is 11.8 Å². The van der Waals surface area contributed by atoms with Crippen molar-refractivity contribution < 1.29 is 9.53 Å². The molecule has 0 aliphatic carbocycles. The fraction of sp³-hybridized carbons (Fsp3) is 0.200. The second-order valence-electron chi connectivity index (χ2n) is 7.33. The molecule has 0 radical (unpaired) electrons. The zero-order valence-electron chi connectivity index (χ0n) is 17.7. The van der Waals surface area contributed by atoms with Gasteiger partial charge in [0.25, 0.3) is 5.91 Å². The van der Waals surface area contributed by atoms with Gasteiger partial charge in [-0.25, -0.2) is 4.98 Å². The number of hydrogen-bond donors (Lipinski definition) is 1. The Balaban J connectivity index is 1.29. The molecule has 4 rings (SSSR count). The molecular weight excluding hydrogens is 406 g/mol. The third kappa shape index (κ3) is 5.27. The lowest BCUT2D eigenvalue weighted by atomic mass is 10.1. The number of rotatable bonds is 8. The molecule has 1 amide bonds. The molecule has 0 atom stereocenters. The number of aromatic nitrogens is 2. The molecule has 5 nitrogen and oxygen atoms in total. The quantitative estimate of drug-likeness (QED) is 0.403. The van der Waals surface area contributed by atoms with Crippen molar-refractivity contribution >= 4 is 23.3 Å². The van der Waals surface area contributed by atoms with E-state index in [1.165, 1.54) is 5.56 Å². The van der Waals surface area contributed by atoms with Gasteiger partial charge in [0.1, 0.15) is 11.4 Å². The second kappa shape index (κ2) is 9.71. The first kappa shape index (κ1) is 21.0. The normalized spacial score (nSPS) is 10.9. The van der Waals surface area contributed by atoms with Crippen LogP contribution in [0.5, 0.6) is 5.75 Å². The molecule has 0 aliphatic heterocycles. The maximum atomic E-state index is 12.5. The summed E-state index contributed by atoms with van der Waals surface area (Å²) in [6.07, 6.45) is 4.77. The van der Waals surface area contributed by atoms with Gasteiger partial charge < -0.3 is 14.5 Å². The van der Waals surface area contributed by atoms with Crippen LogP contribution < -0.4 is 10.1 Å². The largest absolute Gasteiger partial charge is 0.496 e. The van der Waals surface area contributed by atoms with Crippen LogP contribution in [0, 0.1) is 6.92 Å². The third-order valence-corrected chi connectivity index (χ3v) is 6.08. The van der Waals surface area contributed by atoms with Gasteiger partial charge in [0.15, 0.2) is 0 Å². The number of fused-ring (bicyclic) bond motifs is 1. The van der Waals surface area contributed by atoms with E-state index in [0.29, 0.717) is 12.1 Å². The van der Waals surface area contributed by atoms with E-state index < -0.39 is 0 Å². The number of hydrogen-bond acceptors (Lipinski definition) is 4. The fourth-order valence-corrected chi connectivity index (χ4v) is 4.21. The summed E-state index contributed by atoms with van der Waals surface area (Å²) in [5.41, 5.74) is 4.92. The van der Waals surface area contributed by atoms with Crippen molar-refractivity contribution in [3.8, 4) is 5.75 Å². The summed E-state index contributed by atoms with van der Waals surface area (Å²) in [5, 5.41) is 3.00. The second-order valence-corrected chi connectivity index (χ2v) is 8.38. The number of nitrogens with one attached hydrogen (secondary N) is 1. The van der Waals surface area contributed by atoms with Gasteiger partial charge in [-0.2, -0.15) is 0 Å². The number of carbonyl (C=O) groups is 1. The number of ether oxygens (including phenoxy) is 1. The van der Waals surface area contributed by atoms with Crippen molar-refractivity contribution in [3.05, 3.63) is 95.4 Å². The average molecular weight is 432 g/mol. The molecule has 0 saturated heterocycles. The highest BCUT2D eigenvalue weighted by atomic mass is 32.2.